The summed E-state index contributed by atoms with van der Waals surface area (Å²) >= 11 is 3.46. The van der Waals surface area contributed by atoms with Gasteiger partial charge in [0.1, 0.15) is 6.04 Å². The van der Waals surface area contributed by atoms with Gasteiger partial charge < -0.3 is 16.4 Å². The van der Waals surface area contributed by atoms with Gasteiger partial charge in [-0.2, -0.15) is 0 Å². The van der Waals surface area contributed by atoms with E-state index in [2.05, 4.69) is 15.9 Å². The van der Waals surface area contributed by atoms with E-state index in [0.717, 1.165) is 29.5 Å². The fraction of sp³-hybridized carbons (Fsp3) is 0.364. The van der Waals surface area contributed by atoms with Crippen LogP contribution in [0.5, 0.6) is 0 Å². The third-order valence-electron chi connectivity index (χ3n) is 2.86. The van der Waals surface area contributed by atoms with Crippen LogP contribution in [0.3, 0.4) is 0 Å². The molecule has 4 N–H and O–H groups in total. The van der Waals surface area contributed by atoms with Gasteiger partial charge in [-0.25, -0.2) is 0 Å². The lowest BCUT2D eigenvalue weighted by Gasteiger charge is -2.25. The molecule has 1 heterocycles. The van der Waals surface area contributed by atoms with Crippen LogP contribution in [-0.4, -0.2) is 18.5 Å². The maximum absolute atomic E-state index is 11.3. The summed E-state index contributed by atoms with van der Waals surface area (Å²) in [5, 5.41) is 0. The Morgan fingerprint density at radius 2 is 2.25 bits per heavy atom. The predicted molar refractivity (Wildman–Crippen MR) is 68.1 cm³/mol. The van der Waals surface area contributed by atoms with Gasteiger partial charge in [-0.05, 0) is 47.0 Å². The van der Waals surface area contributed by atoms with Crippen LogP contribution in [0.25, 0.3) is 0 Å². The lowest BCUT2D eigenvalue weighted by molar-refractivity contribution is -0.119. The van der Waals surface area contributed by atoms with Crippen molar-refractivity contribution >= 4 is 33.2 Å². The number of nitrogens with zero attached hydrogens (tertiary/aromatic N) is 1. The summed E-state index contributed by atoms with van der Waals surface area (Å²) in [7, 11) is 0. The molecule has 4 nitrogen and oxygen atoms in total. The second-order valence-corrected chi connectivity index (χ2v) is 4.82. The van der Waals surface area contributed by atoms with Crippen molar-refractivity contribution in [3.05, 3.63) is 22.7 Å². The number of carbonyl (C=O) groups excluding carboxylic acids is 1. The van der Waals surface area contributed by atoms with Crippen LogP contribution >= 0.6 is 15.9 Å². The number of carbonyl (C=O) groups is 1. The smallest absolute Gasteiger partial charge is 0.240 e. The van der Waals surface area contributed by atoms with Gasteiger partial charge in [0.05, 0.1) is 5.69 Å². The van der Waals surface area contributed by atoms with E-state index < -0.39 is 0 Å². The molecule has 0 saturated carbocycles. The molecule has 86 valence electrons. The average molecular weight is 284 g/mol. The van der Waals surface area contributed by atoms with E-state index in [9.17, 15) is 4.79 Å². The minimum Gasteiger partial charge on any atom is -0.399 e. The van der Waals surface area contributed by atoms with Gasteiger partial charge in [0.25, 0.3) is 0 Å². The van der Waals surface area contributed by atoms with Gasteiger partial charge in [0, 0.05) is 16.7 Å². The molecule has 16 heavy (non-hydrogen) atoms. The van der Waals surface area contributed by atoms with Crippen molar-refractivity contribution in [3.8, 4) is 0 Å². The Kier molecular flexibility index (Phi) is 3.05. The fourth-order valence-corrected chi connectivity index (χ4v) is 2.73. The molecule has 1 aromatic carbocycles. The molecule has 0 aliphatic carbocycles. The van der Waals surface area contributed by atoms with E-state index in [4.69, 9.17) is 11.5 Å². The first-order chi connectivity index (χ1) is 7.59. The quantitative estimate of drug-likeness (QED) is 0.808. The number of halogens is 1. The van der Waals surface area contributed by atoms with E-state index in [0.29, 0.717) is 5.69 Å². The summed E-state index contributed by atoms with van der Waals surface area (Å²) in [6.45, 7) is 0.857. The van der Waals surface area contributed by atoms with E-state index >= 15 is 0 Å². The standard InChI is InChI=1S/C11H14BrN3O/c12-8-6-7(13)3-4-9(8)15-5-1-2-10(15)11(14)16/h3-4,6,10H,1-2,5,13H2,(H2,14,16). The highest BCUT2D eigenvalue weighted by Crippen LogP contribution is 2.33. The lowest BCUT2D eigenvalue weighted by atomic mass is 10.2. The third-order valence-corrected chi connectivity index (χ3v) is 3.50. The van der Waals surface area contributed by atoms with Gasteiger partial charge in [0.2, 0.25) is 5.91 Å². The average Bonchev–Trinajstić information content (AvgIpc) is 2.66. The monoisotopic (exact) mass is 283 g/mol. The Balaban J connectivity index is 2.32. The Labute approximate surface area is 103 Å². The van der Waals surface area contributed by atoms with Crippen molar-refractivity contribution in [2.75, 3.05) is 17.2 Å². The number of anilines is 2. The number of hydrogen-bond acceptors (Lipinski definition) is 3. The molecule has 0 bridgehead atoms. The van der Waals surface area contributed by atoms with Crippen molar-refractivity contribution in [1.29, 1.82) is 0 Å². The van der Waals surface area contributed by atoms with E-state index in [1.165, 1.54) is 0 Å². The summed E-state index contributed by atoms with van der Waals surface area (Å²) < 4.78 is 0.903. The minimum atomic E-state index is -0.263. The molecule has 0 spiro atoms. The SMILES string of the molecule is NC(=O)C1CCCN1c1ccc(N)cc1Br. The molecule has 0 aromatic heterocycles. The summed E-state index contributed by atoms with van der Waals surface area (Å²) in [6.07, 6.45) is 1.82. The number of nitrogen functional groups attached to an aromatic ring is 1. The van der Waals surface area contributed by atoms with Crippen LogP contribution in [0.1, 0.15) is 12.8 Å². The maximum Gasteiger partial charge on any atom is 0.240 e. The van der Waals surface area contributed by atoms with E-state index in [-0.39, 0.29) is 11.9 Å². The molecule has 1 saturated heterocycles. The first kappa shape index (κ1) is 11.3. The van der Waals surface area contributed by atoms with Crippen LogP contribution in [-0.2, 0) is 4.79 Å². The molecule has 5 heteroatoms. The zero-order chi connectivity index (χ0) is 11.7. The maximum atomic E-state index is 11.3. The molecule has 1 unspecified atom stereocenters. The van der Waals surface area contributed by atoms with Crippen molar-refractivity contribution in [2.45, 2.75) is 18.9 Å². The first-order valence-corrected chi connectivity index (χ1v) is 6.00. The highest BCUT2D eigenvalue weighted by molar-refractivity contribution is 9.10. The topological polar surface area (TPSA) is 72.4 Å². The summed E-state index contributed by atoms with van der Waals surface area (Å²) in [5.74, 6) is -0.263. The van der Waals surface area contributed by atoms with Gasteiger partial charge in [0.15, 0.2) is 0 Å². The van der Waals surface area contributed by atoms with Crippen LogP contribution in [0.15, 0.2) is 22.7 Å². The van der Waals surface area contributed by atoms with E-state index in [1.54, 1.807) is 0 Å². The number of nitrogens with two attached hydrogens (primary N) is 2. The number of amides is 1. The summed E-state index contributed by atoms with van der Waals surface area (Å²) in [6, 6.07) is 5.39. The molecular weight excluding hydrogens is 270 g/mol. The first-order valence-electron chi connectivity index (χ1n) is 5.20. The molecule has 1 aliphatic rings. The Hall–Kier alpha value is -1.23. The van der Waals surface area contributed by atoms with Crippen molar-refractivity contribution in [2.24, 2.45) is 5.73 Å². The Morgan fingerprint density at radius 1 is 1.50 bits per heavy atom. The molecule has 1 amide bonds. The summed E-state index contributed by atoms with van der Waals surface area (Å²) in [4.78, 5) is 13.3. The lowest BCUT2D eigenvalue weighted by Crippen LogP contribution is -2.40. The van der Waals surface area contributed by atoms with Gasteiger partial charge in [-0.15, -0.1) is 0 Å². The number of rotatable bonds is 2. The van der Waals surface area contributed by atoms with Crippen LogP contribution in [0, 0.1) is 0 Å². The largest absolute Gasteiger partial charge is 0.399 e. The number of hydrogen-bond donors (Lipinski definition) is 2. The number of primary amides is 1. The minimum absolute atomic E-state index is 0.195. The molecule has 1 fully saturated rings. The van der Waals surface area contributed by atoms with Gasteiger partial charge in [-0.1, -0.05) is 0 Å². The Bertz CT molecular complexity index is 422. The van der Waals surface area contributed by atoms with Gasteiger partial charge in [-0.3, -0.25) is 4.79 Å². The number of benzene rings is 1. The van der Waals surface area contributed by atoms with Crippen molar-refractivity contribution in [1.82, 2.24) is 0 Å². The second kappa shape index (κ2) is 4.33. The molecule has 2 rings (SSSR count). The van der Waals surface area contributed by atoms with E-state index in [1.807, 2.05) is 23.1 Å². The van der Waals surface area contributed by atoms with Crippen LogP contribution in [0.4, 0.5) is 11.4 Å². The fourth-order valence-electron chi connectivity index (χ4n) is 2.11. The van der Waals surface area contributed by atoms with Crippen molar-refractivity contribution in [3.63, 3.8) is 0 Å². The molecule has 1 atom stereocenters. The Morgan fingerprint density at radius 3 is 2.88 bits per heavy atom. The highest BCUT2D eigenvalue weighted by Gasteiger charge is 2.30. The molecular formula is C11H14BrN3O. The normalized spacial score (nSPS) is 20.1. The summed E-state index contributed by atoms with van der Waals surface area (Å²) in [5.41, 5.74) is 12.7. The third kappa shape index (κ3) is 2.00. The highest BCUT2D eigenvalue weighted by atomic mass is 79.9. The predicted octanol–water partition coefficient (Wildman–Crippen LogP) is 1.49. The molecule has 0 radical (unpaired) electrons. The molecule has 1 aliphatic heterocycles. The second-order valence-electron chi connectivity index (χ2n) is 3.96. The van der Waals surface area contributed by atoms with Crippen LogP contribution in [0.2, 0.25) is 0 Å². The zero-order valence-electron chi connectivity index (χ0n) is 8.82. The van der Waals surface area contributed by atoms with Crippen molar-refractivity contribution < 1.29 is 4.79 Å². The van der Waals surface area contributed by atoms with Gasteiger partial charge >= 0.3 is 0 Å². The zero-order valence-corrected chi connectivity index (χ0v) is 10.4. The van der Waals surface area contributed by atoms with Crippen LogP contribution < -0.4 is 16.4 Å². The molecule has 1 aromatic rings.